The first-order valence-electron chi connectivity index (χ1n) is 11.7. The topological polar surface area (TPSA) is 91.5 Å². The molecule has 7 nitrogen and oxygen atoms in total. The van der Waals surface area contributed by atoms with E-state index in [1.807, 2.05) is 72.5 Å². The number of rotatable bonds is 8. The van der Waals surface area contributed by atoms with Gasteiger partial charge in [-0.3, -0.25) is 9.88 Å². The number of nitrogens with zero attached hydrogens (tertiary/aromatic N) is 3. The minimum absolute atomic E-state index is 0. The molecule has 0 amide bonds. The number of carbonyl (C=O) groups is 1. The van der Waals surface area contributed by atoms with Gasteiger partial charge < -0.3 is 19.1 Å². The van der Waals surface area contributed by atoms with Crippen molar-refractivity contribution in [3.8, 4) is 17.2 Å². The molecule has 1 aliphatic heterocycles. The Balaban J connectivity index is 0.00000304. The molecule has 3 heterocycles. The predicted octanol–water partition coefficient (Wildman–Crippen LogP) is 0.520. The zero-order valence-corrected chi connectivity index (χ0v) is 22.5. The van der Waals surface area contributed by atoms with Gasteiger partial charge in [0, 0.05) is 37.5 Å². The van der Waals surface area contributed by atoms with Crippen LogP contribution in [-0.2, 0) is 24.2 Å². The first kappa shape index (κ1) is 26.1. The Kier molecular flexibility index (Phi) is 8.59. The molecule has 8 heteroatoms. The Hall–Kier alpha value is -2.97. The van der Waals surface area contributed by atoms with Crippen molar-refractivity contribution in [2.75, 3.05) is 13.2 Å². The average molecular weight is 492 g/mol. The van der Waals surface area contributed by atoms with Crippen molar-refractivity contribution in [1.82, 2.24) is 14.9 Å². The van der Waals surface area contributed by atoms with E-state index in [0.717, 1.165) is 40.1 Å². The zero-order chi connectivity index (χ0) is 24.2. The quantitative estimate of drug-likeness (QED) is 0.332. The van der Waals surface area contributed by atoms with E-state index in [2.05, 4.69) is 9.97 Å². The van der Waals surface area contributed by atoms with E-state index in [1.165, 1.54) is 0 Å². The van der Waals surface area contributed by atoms with Crippen molar-refractivity contribution in [3.63, 3.8) is 0 Å². The number of carboxylic acid groups (broad SMARTS) is 1. The molecule has 4 aromatic rings. The molecule has 1 atom stereocenters. The van der Waals surface area contributed by atoms with Crippen molar-refractivity contribution in [1.29, 1.82) is 0 Å². The fourth-order valence-electron chi connectivity index (χ4n) is 4.53. The molecule has 2 aromatic carbocycles. The Labute approximate surface area is 232 Å². The summed E-state index contributed by atoms with van der Waals surface area (Å²) in [5, 5.41) is 12.2. The number of aryl methyl sites for hydroxylation is 1. The van der Waals surface area contributed by atoms with Crippen LogP contribution >= 0.6 is 0 Å². The van der Waals surface area contributed by atoms with E-state index in [4.69, 9.17) is 9.15 Å². The van der Waals surface area contributed by atoms with E-state index < -0.39 is 12.0 Å². The van der Waals surface area contributed by atoms with Gasteiger partial charge in [0.05, 0.1) is 24.3 Å². The fraction of sp³-hybridized carbons (Fsp3) is 0.250. The summed E-state index contributed by atoms with van der Waals surface area (Å²) in [6, 6.07) is 18.4. The van der Waals surface area contributed by atoms with Crippen LogP contribution in [0.4, 0.5) is 0 Å². The third-order valence-corrected chi connectivity index (χ3v) is 6.32. The summed E-state index contributed by atoms with van der Waals surface area (Å²) in [6.45, 7) is 3.46. The monoisotopic (exact) mass is 491 g/mol. The number of hydrogen-bond acceptors (Lipinski definition) is 7. The van der Waals surface area contributed by atoms with Crippen LogP contribution in [0.25, 0.3) is 11.5 Å². The maximum atomic E-state index is 12.2. The van der Waals surface area contributed by atoms with Gasteiger partial charge in [0.25, 0.3) is 0 Å². The smallest absolute Gasteiger partial charge is 0.548 e. The van der Waals surface area contributed by atoms with Crippen LogP contribution in [0, 0.1) is 6.92 Å². The fourth-order valence-corrected chi connectivity index (χ4v) is 4.53. The van der Waals surface area contributed by atoms with E-state index in [1.54, 1.807) is 12.4 Å². The molecule has 1 aliphatic rings. The number of ether oxygens (including phenoxy) is 1. The molecule has 0 saturated heterocycles. The van der Waals surface area contributed by atoms with Crippen LogP contribution in [0.1, 0.15) is 34.2 Å². The number of aliphatic carboxylic acids is 1. The van der Waals surface area contributed by atoms with Crippen LogP contribution in [0.2, 0.25) is 0 Å². The zero-order valence-electron chi connectivity index (χ0n) is 20.5. The molecule has 36 heavy (non-hydrogen) atoms. The molecule has 0 spiro atoms. The van der Waals surface area contributed by atoms with Crippen molar-refractivity contribution in [2.24, 2.45) is 0 Å². The van der Waals surface area contributed by atoms with Crippen molar-refractivity contribution < 1.29 is 48.6 Å². The number of carbonyl (C=O) groups excluding carboxylic acids is 1. The number of pyridine rings is 1. The van der Waals surface area contributed by atoms with Gasteiger partial charge in [-0.25, -0.2) is 4.98 Å². The summed E-state index contributed by atoms with van der Waals surface area (Å²) in [6.07, 6.45) is 4.78. The summed E-state index contributed by atoms with van der Waals surface area (Å²) in [7, 11) is 0. The maximum absolute atomic E-state index is 12.2. The predicted molar refractivity (Wildman–Crippen MR) is 128 cm³/mol. The summed E-state index contributed by atoms with van der Waals surface area (Å²) < 4.78 is 11.8. The molecule has 5 rings (SSSR count). The van der Waals surface area contributed by atoms with Crippen LogP contribution in [0.15, 0.2) is 77.5 Å². The largest absolute Gasteiger partial charge is 1.00 e. The Morgan fingerprint density at radius 2 is 1.92 bits per heavy atom. The second-order valence-electron chi connectivity index (χ2n) is 8.64. The van der Waals surface area contributed by atoms with Gasteiger partial charge in [0.15, 0.2) is 0 Å². The van der Waals surface area contributed by atoms with Crippen molar-refractivity contribution >= 4 is 5.97 Å². The molecule has 2 aromatic heterocycles. The molecule has 0 saturated carbocycles. The van der Waals surface area contributed by atoms with Gasteiger partial charge in [0.1, 0.15) is 11.5 Å². The number of oxazole rings is 1. The molecule has 0 N–H and O–H groups in total. The van der Waals surface area contributed by atoms with Crippen LogP contribution in [-0.4, -0.2) is 34.0 Å². The van der Waals surface area contributed by atoms with Gasteiger partial charge in [-0.2, -0.15) is 0 Å². The first-order valence-corrected chi connectivity index (χ1v) is 11.7. The van der Waals surface area contributed by atoms with Gasteiger partial charge in [-0.15, -0.1) is 0 Å². The van der Waals surface area contributed by atoms with Crippen LogP contribution < -0.4 is 39.4 Å². The third-order valence-electron chi connectivity index (χ3n) is 6.32. The SMILES string of the molecule is Cc1oc(-c2ccccc2)nc1CCOc1ccc2c(c1)C(C(=O)[O-])N(Cc1ccncc1)CC2.[Na+]. The van der Waals surface area contributed by atoms with Gasteiger partial charge in [-0.1, -0.05) is 24.3 Å². The van der Waals surface area contributed by atoms with E-state index in [9.17, 15) is 9.90 Å². The molecule has 0 bridgehead atoms. The third kappa shape index (κ3) is 5.87. The summed E-state index contributed by atoms with van der Waals surface area (Å²) in [4.78, 5) is 22.8. The molecule has 0 fully saturated rings. The van der Waals surface area contributed by atoms with Gasteiger partial charge >= 0.3 is 29.6 Å². The van der Waals surface area contributed by atoms with Crippen molar-refractivity contribution in [2.45, 2.75) is 32.4 Å². The molecule has 0 aliphatic carbocycles. The molecular formula is C28H26N3NaO4. The Morgan fingerprint density at radius 3 is 2.67 bits per heavy atom. The van der Waals surface area contributed by atoms with Crippen molar-refractivity contribution in [3.05, 3.63) is 101 Å². The van der Waals surface area contributed by atoms with Crippen LogP contribution in [0.3, 0.4) is 0 Å². The normalized spacial score (nSPS) is 15.1. The molecule has 178 valence electrons. The van der Waals surface area contributed by atoms with E-state index >= 15 is 0 Å². The number of fused-ring (bicyclic) bond motifs is 1. The number of carboxylic acids is 1. The summed E-state index contributed by atoms with van der Waals surface area (Å²) in [5.74, 6) is 0.883. The number of benzene rings is 2. The Bertz CT molecular complexity index is 1310. The number of aromatic nitrogens is 2. The first-order chi connectivity index (χ1) is 17.1. The molecule has 0 radical (unpaired) electrons. The number of hydrogen-bond donors (Lipinski definition) is 0. The minimum Gasteiger partial charge on any atom is -0.548 e. The minimum atomic E-state index is -1.11. The van der Waals surface area contributed by atoms with E-state index in [-0.39, 0.29) is 29.6 Å². The maximum Gasteiger partial charge on any atom is 1.00 e. The summed E-state index contributed by atoms with van der Waals surface area (Å²) >= 11 is 0. The molecular weight excluding hydrogens is 465 g/mol. The average Bonchev–Trinajstić information content (AvgIpc) is 3.25. The Morgan fingerprint density at radius 1 is 1.14 bits per heavy atom. The van der Waals surface area contributed by atoms with Gasteiger partial charge in [0.2, 0.25) is 5.89 Å². The second-order valence-corrected chi connectivity index (χ2v) is 8.64. The van der Waals surface area contributed by atoms with Crippen LogP contribution in [0.5, 0.6) is 5.75 Å². The molecule has 1 unspecified atom stereocenters. The second kappa shape index (κ2) is 11.8. The standard InChI is InChI=1S/C28H27N3O4.Na/c1-19-25(30-27(35-19)22-5-3-2-4-6-22)12-16-34-23-8-7-21-11-15-31(18-20-9-13-29-14-10-20)26(28(32)33)24(21)17-23;/h2-10,13-14,17,26H,11-12,15-16,18H2,1H3,(H,32,33);/q;+1/p-1. The van der Waals surface area contributed by atoms with E-state index in [0.29, 0.717) is 37.8 Å². The summed E-state index contributed by atoms with van der Waals surface area (Å²) in [5.41, 5.74) is 4.53. The van der Waals surface area contributed by atoms with Gasteiger partial charge in [-0.05, 0) is 66.4 Å².